The Kier molecular flexibility index (Phi) is 5.31. The fourth-order valence-corrected chi connectivity index (χ4v) is 3.06. The molecule has 0 bridgehead atoms. The second kappa shape index (κ2) is 6.99. The summed E-state index contributed by atoms with van der Waals surface area (Å²) in [5.41, 5.74) is 7.74. The molecule has 1 fully saturated rings. The minimum absolute atomic E-state index is 0.552. The Hall–Kier alpha value is -1.20. The Morgan fingerprint density at radius 1 is 1.45 bits per heavy atom. The van der Waals surface area contributed by atoms with E-state index in [1.165, 1.54) is 25.7 Å². The second-order valence-corrected chi connectivity index (χ2v) is 5.97. The van der Waals surface area contributed by atoms with Gasteiger partial charge in [0.05, 0.1) is 17.8 Å². The molecule has 110 valence electrons. The van der Waals surface area contributed by atoms with Gasteiger partial charge >= 0.3 is 0 Å². The number of ether oxygens (including phenoxy) is 1. The van der Waals surface area contributed by atoms with Crippen LogP contribution in [0.1, 0.15) is 37.1 Å². The highest BCUT2D eigenvalue weighted by Gasteiger charge is 2.23. The molecule has 0 aromatic carbocycles. The molecule has 0 radical (unpaired) electrons. The Labute approximate surface area is 126 Å². The van der Waals surface area contributed by atoms with Crippen molar-refractivity contribution in [1.82, 2.24) is 9.88 Å². The predicted octanol–water partition coefficient (Wildman–Crippen LogP) is 2.43. The van der Waals surface area contributed by atoms with E-state index in [0.717, 1.165) is 23.7 Å². The predicted molar refractivity (Wildman–Crippen MR) is 85.0 cm³/mol. The number of nitrogens with two attached hydrogens (primary N) is 1. The number of aromatic nitrogens is 1. The fourth-order valence-electron chi connectivity index (χ4n) is 2.89. The molecule has 2 rings (SSSR count). The smallest absolute Gasteiger partial charge is 0.122 e. The summed E-state index contributed by atoms with van der Waals surface area (Å²) in [7, 11) is 1.68. The van der Waals surface area contributed by atoms with Gasteiger partial charge in [0.2, 0.25) is 0 Å². The van der Waals surface area contributed by atoms with Gasteiger partial charge in [0.25, 0.3) is 0 Å². The van der Waals surface area contributed by atoms with E-state index in [4.69, 9.17) is 22.7 Å². The number of pyridine rings is 1. The first kappa shape index (κ1) is 15.2. The van der Waals surface area contributed by atoms with Gasteiger partial charge in [-0.15, -0.1) is 0 Å². The quantitative estimate of drug-likeness (QED) is 0.816. The van der Waals surface area contributed by atoms with Crippen LogP contribution in [0, 0.1) is 6.92 Å². The second-order valence-electron chi connectivity index (χ2n) is 5.45. The fraction of sp³-hybridized carbons (Fsp3) is 0.600. The van der Waals surface area contributed by atoms with Gasteiger partial charge in [-0.3, -0.25) is 9.88 Å². The van der Waals surface area contributed by atoms with Crippen LogP contribution < -0.4 is 10.5 Å². The molecule has 0 amide bonds. The van der Waals surface area contributed by atoms with Gasteiger partial charge in [-0.2, -0.15) is 0 Å². The van der Waals surface area contributed by atoms with Crippen LogP contribution in [-0.4, -0.2) is 34.6 Å². The van der Waals surface area contributed by atoms with Crippen molar-refractivity contribution in [3.8, 4) is 5.75 Å². The van der Waals surface area contributed by atoms with Crippen LogP contribution in [0.5, 0.6) is 5.75 Å². The number of hydrogen-bond acceptors (Lipinski definition) is 4. The summed E-state index contributed by atoms with van der Waals surface area (Å²) in [4.78, 5) is 7.50. The molecule has 0 aliphatic heterocycles. The molecule has 1 aromatic heterocycles. The van der Waals surface area contributed by atoms with Crippen molar-refractivity contribution in [1.29, 1.82) is 0 Å². The number of thiocarbonyl (C=S) groups is 1. The van der Waals surface area contributed by atoms with Gasteiger partial charge in [-0.25, -0.2) is 0 Å². The largest absolute Gasteiger partial charge is 0.497 e. The van der Waals surface area contributed by atoms with Crippen LogP contribution in [-0.2, 0) is 6.54 Å². The summed E-state index contributed by atoms with van der Waals surface area (Å²) in [6, 6.07) is 4.51. The molecule has 0 spiro atoms. The van der Waals surface area contributed by atoms with E-state index in [-0.39, 0.29) is 0 Å². The van der Waals surface area contributed by atoms with Crippen LogP contribution in [0.15, 0.2) is 12.1 Å². The average molecular weight is 293 g/mol. The molecular weight excluding hydrogens is 270 g/mol. The molecule has 1 saturated carbocycles. The molecule has 4 nitrogen and oxygen atoms in total. The normalized spacial score (nSPS) is 15.8. The van der Waals surface area contributed by atoms with Gasteiger partial charge in [0.1, 0.15) is 5.75 Å². The molecule has 20 heavy (non-hydrogen) atoms. The maximum atomic E-state index is 5.75. The summed E-state index contributed by atoms with van der Waals surface area (Å²) in [5, 5.41) is 0. The van der Waals surface area contributed by atoms with Crippen LogP contribution in [0.25, 0.3) is 0 Å². The van der Waals surface area contributed by atoms with E-state index >= 15 is 0 Å². The van der Waals surface area contributed by atoms with Gasteiger partial charge in [0, 0.05) is 37.0 Å². The van der Waals surface area contributed by atoms with E-state index in [1.807, 2.05) is 19.1 Å². The van der Waals surface area contributed by atoms with Crippen molar-refractivity contribution < 1.29 is 4.74 Å². The number of aryl methyl sites for hydroxylation is 1. The number of nitrogens with zero attached hydrogens (tertiary/aromatic N) is 2. The zero-order valence-corrected chi connectivity index (χ0v) is 13.1. The van der Waals surface area contributed by atoms with Gasteiger partial charge in [-0.05, 0) is 19.8 Å². The van der Waals surface area contributed by atoms with Gasteiger partial charge < -0.3 is 10.5 Å². The van der Waals surface area contributed by atoms with Crippen LogP contribution >= 0.6 is 12.2 Å². The van der Waals surface area contributed by atoms with Gasteiger partial charge in [0.15, 0.2) is 0 Å². The molecule has 2 N–H and O–H groups in total. The van der Waals surface area contributed by atoms with E-state index in [9.17, 15) is 0 Å². The average Bonchev–Trinajstić information content (AvgIpc) is 2.90. The van der Waals surface area contributed by atoms with Crippen LogP contribution in [0.2, 0.25) is 0 Å². The zero-order valence-electron chi connectivity index (χ0n) is 12.3. The molecule has 1 aliphatic rings. The van der Waals surface area contributed by atoms with Crippen molar-refractivity contribution in [2.45, 2.75) is 45.2 Å². The monoisotopic (exact) mass is 293 g/mol. The maximum absolute atomic E-state index is 5.75. The lowest BCUT2D eigenvalue weighted by Crippen LogP contribution is -2.39. The Morgan fingerprint density at radius 3 is 2.75 bits per heavy atom. The van der Waals surface area contributed by atoms with E-state index in [0.29, 0.717) is 17.6 Å². The standard InChI is InChI=1S/C15H23N3OS/c1-11-7-14(19-2)8-12(17-11)9-18(10-15(16)20)13-5-3-4-6-13/h7-8,13H,3-6,9-10H2,1-2H3,(H2,16,20). The first-order chi connectivity index (χ1) is 9.58. The van der Waals surface area contributed by atoms with Gasteiger partial charge in [-0.1, -0.05) is 25.1 Å². The first-order valence-corrected chi connectivity index (χ1v) is 7.53. The van der Waals surface area contributed by atoms with Crippen molar-refractivity contribution in [2.75, 3.05) is 13.7 Å². The summed E-state index contributed by atoms with van der Waals surface area (Å²) >= 11 is 5.09. The highest BCUT2D eigenvalue weighted by atomic mass is 32.1. The lowest BCUT2D eigenvalue weighted by Gasteiger charge is -2.28. The summed E-state index contributed by atoms with van der Waals surface area (Å²) < 4.78 is 5.31. The summed E-state index contributed by atoms with van der Waals surface area (Å²) in [6.07, 6.45) is 5.04. The summed E-state index contributed by atoms with van der Waals surface area (Å²) in [6.45, 7) is 3.43. The van der Waals surface area contributed by atoms with Crippen molar-refractivity contribution in [2.24, 2.45) is 5.73 Å². The Morgan fingerprint density at radius 2 is 2.15 bits per heavy atom. The lowest BCUT2D eigenvalue weighted by atomic mass is 10.2. The molecular formula is C15H23N3OS. The van der Waals surface area contributed by atoms with Crippen LogP contribution in [0.4, 0.5) is 0 Å². The van der Waals surface area contributed by atoms with E-state index in [1.54, 1.807) is 7.11 Å². The van der Waals surface area contributed by atoms with Crippen molar-refractivity contribution >= 4 is 17.2 Å². The molecule has 0 atom stereocenters. The van der Waals surface area contributed by atoms with Crippen LogP contribution in [0.3, 0.4) is 0 Å². The van der Waals surface area contributed by atoms with Crippen molar-refractivity contribution in [3.63, 3.8) is 0 Å². The first-order valence-electron chi connectivity index (χ1n) is 7.12. The minimum atomic E-state index is 0.552. The molecule has 5 heteroatoms. The number of hydrogen-bond donors (Lipinski definition) is 1. The lowest BCUT2D eigenvalue weighted by molar-refractivity contribution is 0.216. The minimum Gasteiger partial charge on any atom is -0.497 e. The molecule has 1 aromatic rings. The van der Waals surface area contributed by atoms with Crippen molar-refractivity contribution in [3.05, 3.63) is 23.5 Å². The zero-order chi connectivity index (χ0) is 14.5. The molecule has 1 aliphatic carbocycles. The SMILES string of the molecule is COc1cc(C)nc(CN(CC(N)=S)C2CCCC2)c1. The topological polar surface area (TPSA) is 51.4 Å². The number of methoxy groups -OCH3 is 1. The maximum Gasteiger partial charge on any atom is 0.122 e. The van der Waals surface area contributed by atoms with E-state index < -0.39 is 0 Å². The molecule has 1 heterocycles. The molecule has 0 unspecified atom stereocenters. The Balaban J connectivity index is 2.13. The molecule has 0 saturated heterocycles. The highest BCUT2D eigenvalue weighted by molar-refractivity contribution is 7.80. The highest BCUT2D eigenvalue weighted by Crippen LogP contribution is 2.25. The number of rotatable bonds is 6. The third-order valence-electron chi connectivity index (χ3n) is 3.78. The third-order valence-corrected chi connectivity index (χ3v) is 3.91. The Bertz CT molecular complexity index is 472. The third kappa shape index (κ3) is 4.15. The summed E-state index contributed by atoms with van der Waals surface area (Å²) in [5.74, 6) is 0.856. The van der Waals surface area contributed by atoms with E-state index in [2.05, 4.69) is 9.88 Å².